The number of piperazine rings is 1. The average Bonchev–Trinajstić information content (AvgIpc) is 2.77. The van der Waals surface area contributed by atoms with Crippen LogP contribution in [0, 0.1) is 15.9 Å². The van der Waals surface area contributed by atoms with Crippen LogP contribution in [0.2, 0.25) is 0 Å². The fourth-order valence-electron chi connectivity index (χ4n) is 3.13. The summed E-state index contributed by atoms with van der Waals surface area (Å²) >= 11 is 0. The van der Waals surface area contributed by atoms with Crippen molar-refractivity contribution in [2.45, 2.75) is 0 Å². The highest BCUT2D eigenvalue weighted by Crippen LogP contribution is 2.22. The lowest BCUT2D eigenvalue weighted by molar-refractivity contribution is -0.384. The van der Waals surface area contributed by atoms with Crippen molar-refractivity contribution in [2.75, 3.05) is 44.2 Å². The molecule has 2 N–H and O–H groups in total. The summed E-state index contributed by atoms with van der Waals surface area (Å²) in [5.41, 5.74) is 1.14. The molecule has 0 saturated carbocycles. The summed E-state index contributed by atoms with van der Waals surface area (Å²) in [4.78, 5) is 38.4. The molecule has 0 radical (unpaired) electrons. The third-order valence-corrected chi connectivity index (χ3v) is 4.77. The predicted octanol–water partition coefficient (Wildman–Crippen LogP) is 2.00. The van der Waals surface area contributed by atoms with Gasteiger partial charge in [-0.3, -0.25) is 14.9 Å². The quantitative estimate of drug-likeness (QED) is 0.426. The third-order valence-electron chi connectivity index (χ3n) is 4.77. The van der Waals surface area contributed by atoms with E-state index in [9.17, 15) is 24.1 Å². The Kier molecular flexibility index (Phi) is 6.79. The Morgan fingerprint density at radius 1 is 1.00 bits per heavy atom. The van der Waals surface area contributed by atoms with E-state index in [1.807, 2.05) is 11.0 Å². The maximum Gasteiger partial charge on any atom is 0.317 e. The molecule has 0 aromatic heterocycles. The molecule has 3 rings (SSSR count). The Balaban J connectivity index is 1.39. The number of amides is 3. The zero-order valence-corrected chi connectivity index (χ0v) is 16.2. The van der Waals surface area contributed by atoms with Crippen LogP contribution in [0.3, 0.4) is 0 Å². The number of benzene rings is 2. The molecule has 0 spiro atoms. The number of nitro groups is 1. The SMILES string of the molecule is O=C(NCCNC(=O)N1CCN(c2cccc([N+](=O)[O-])c2)CC1)c1ccc(F)cc1. The smallest absolute Gasteiger partial charge is 0.317 e. The summed E-state index contributed by atoms with van der Waals surface area (Å²) in [7, 11) is 0. The molecule has 1 fully saturated rings. The lowest BCUT2D eigenvalue weighted by Crippen LogP contribution is -2.52. The van der Waals surface area contributed by atoms with Crippen molar-refractivity contribution >= 4 is 23.3 Å². The van der Waals surface area contributed by atoms with Crippen LogP contribution < -0.4 is 15.5 Å². The lowest BCUT2D eigenvalue weighted by atomic mass is 10.2. The number of carbonyl (C=O) groups is 2. The first kappa shape index (κ1) is 21.0. The second-order valence-electron chi connectivity index (χ2n) is 6.75. The number of hydrogen-bond acceptors (Lipinski definition) is 5. The highest BCUT2D eigenvalue weighted by atomic mass is 19.1. The molecule has 3 amide bonds. The standard InChI is InChI=1S/C20H22FN5O4/c21-16-6-4-15(5-7-16)19(27)22-8-9-23-20(28)25-12-10-24(11-13-25)17-2-1-3-18(14-17)26(29)30/h1-7,14H,8-13H2,(H,22,27)(H,23,28). The van der Waals surface area contributed by atoms with Gasteiger partial charge in [0, 0.05) is 62.7 Å². The maximum absolute atomic E-state index is 12.9. The van der Waals surface area contributed by atoms with Crippen LogP contribution in [0.25, 0.3) is 0 Å². The van der Waals surface area contributed by atoms with Crippen LogP contribution in [0.15, 0.2) is 48.5 Å². The zero-order chi connectivity index (χ0) is 21.5. The Labute approximate surface area is 172 Å². The van der Waals surface area contributed by atoms with E-state index >= 15 is 0 Å². The fourth-order valence-corrected chi connectivity index (χ4v) is 3.13. The second kappa shape index (κ2) is 9.68. The van der Waals surface area contributed by atoms with Gasteiger partial charge in [-0.2, -0.15) is 0 Å². The molecule has 9 nitrogen and oxygen atoms in total. The largest absolute Gasteiger partial charge is 0.368 e. The average molecular weight is 415 g/mol. The highest BCUT2D eigenvalue weighted by molar-refractivity contribution is 5.94. The van der Waals surface area contributed by atoms with Gasteiger partial charge in [0.25, 0.3) is 11.6 Å². The summed E-state index contributed by atoms with van der Waals surface area (Å²) in [6.45, 7) is 2.60. The number of halogens is 1. The van der Waals surface area contributed by atoms with Crippen molar-refractivity contribution in [3.8, 4) is 0 Å². The minimum Gasteiger partial charge on any atom is -0.368 e. The van der Waals surface area contributed by atoms with Gasteiger partial charge in [-0.15, -0.1) is 0 Å². The number of anilines is 1. The van der Waals surface area contributed by atoms with Crippen molar-refractivity contribution < 1.29 is 18.9 Å². The number of carbonyl (C=O) groups excluding carboxylic acids is 2. The molecule has 1 aliphatic rings. The normalized spacial score (nSPS) is 13.6. The van der Waals surface area contributed by atoms with E-state index in [2.05, 4.69) is 10.6 Å². The predicted molar refractivity (Wildman–Crippen MR) is 109 cm³/mol. The first-order chi connectivity index (χ1) is 14.4. The van der Waals surface area contributed by atoms with Crippen LogP contribution in [0.1, 0.15) is 10.4 Å². The van der Waals surface area contributed by atoms with Gasteiger partial charge in [-0.05, 0) is 30.3 Å². The van der Waals surface area contributed by atoms with Gasteiger partial charge in [0.1, 0.15) is 5.82 Å². The Morgan fingerprint density at radius 2 is 1.67 bits per heavy atom. The molecule has 0 bridgehead atoms. The van der Waals surface area contributed by atoms with E-state index in [-0.39, 0.29) is 30.7 Å². The van der Waals surface area contributed by atoms with Crippen molar-refractivity contribution in [2.24, 2.45) is 0 Å². The Morgan fingerprint density at radius 3 is 2.33 bits per heavy atom. The van der Waals surface area contributed by atoms with Gasteiger partial charge >= 0.3 is 6.03 Å². The minimum atomic E-state index is -0.429. The van der Waals surface area contributed by atoms with Crippen LogP contribution in [0.4, 0.5) is 20.6 Å². The van der Waals surface area contributed by atoms with Gasteiger partial charge in [-0.1, -0.05) is 6.07 Å². The number of urea groups is 1. The zero-order valence-electron chi connectivity index (χ0n) is 16.2. The van der Waals surface area contributed by atoms with E-state index in [0.29, 0.717) is 31.7 Å². The Hall–Kier alpha value is -3.69. The minimum absolute atomic E-state index is 0.0374. The molecular weight excluding hydrogens is 393 g/mol. The van der Waals surface area contributed by atoms with E-state index < -0.39 is 10.7 Å². The van der Waals surface area contributed by atoms with Crippen molar-refractivity contribution in [1.29, 1.82) is 0 Å². The molecule has 1 saturated heterocycles. The molecule has 10 heteroatoms. The monoisotopic (exact) mass is 415 g/mol. The summed E-state index contributed by atoms with van der Waals surface area (Å²) in [6, 6.07) is 11.4. The summed E-state index contributed by atoms with van der Waals surface area (Å²) in [5.74, 6) is -0.751. The summed E-state index contributed by atoms with van der Waals surface area (Å²) < 4.78 is 12.9. The maximum atomic E-state index is 12.9. The van der Waals surface area contributed by atoms with Gasteiger partial charge in [-0.25, -0.2) is 9.18 Å². The van der Waals surface area contributed by atoms with Gasteiger partial charge in [0.15, 0.2) is 0 Å². The molecule has 158 valence electrons. The first-order valence-electron chi connectivity index (χ1n) is 9.50. The summed E-state index contributed by atoms with van der Waals surface area (Å²) in [5, 5.41) is 16.3. The molecule has 2 aromatic carbocycles. The summed E-state index contributed by atoms with van der Waals surface area (Å²) in [6.07, 6.45) is 0. The van der Waals surface area contributed by atoms with Gasteiger partial charge in [0.05, 0.1) is 4.92 Å². The molecule has 0 aliphatic carbocycles. The van der Waals surface area contributed by atoms with Gasteiger partial charge in [0.2, 0.25) is 0 Å². The number of rotatable bonds is 6. The molecule has 1 heterocycles. The molecule has 1 aliphatic heterocycles. The lowest BCUT2D eigenvalue weighted by Gasteiger charge is -2.36. The Bertz CT molecular complexity index is 914. The van der Waals surface area contributed by atoms with Gasteiger partial charge < -0.3 is 20.4 Å². The van der Waals surface area contributed by atoms with Crippen LogP contribution in [-0.2, 0) is 0 Å². The third kappa shape index (κ3) is 5.43. The number of nitrogens with zero attached hydrogens (tertiary/aromatic N) is 3. The first-order valence-corrected chi connectivity index (χ1v) is 9.50. The van der Waals surface area contributed by atoms with E-state index in [4.69, 9.17) is 0 Å². The van der Waals surface area contributed by atoms with E-state index in [1.165, 1.54) is 36.4 Å². The molecule has 0 atom stereocenters. The van der Waals surface area contributed by atoms with Crippen LogP contribution >= 0.6 is 0 Å². The highest BCUT2D eigenvalue weighted by Gasteiger charge is 2.22. The molecule has 30 heavy (non-hydrogen) atoms. The van der Waals surface area contributed by atoms with E-state index in [1.54, 1.807) is 11.0 Å². The van der Waals surface area contributed by atoms with E-state index in [0.717, 1.165) is 5.69 Å². The topological polar surface area (TPSA) is 108 Å². The van der Waals surface area contributed by atoms with Crippen LogP contribution in [-0.4, -0.2) is 61.0 Å². The number of hydrogen-bond donors (Lipinski definition) is 2. The number of nitrogens with one attached hydrogen (secondary N) is 2. The van der Waals surface area contributed by atoms with Crippen molar-refractivity contribution in [1.82, 2.24) is 15.5 Å². The number of non-ortho nitro benzene ring substituents is 1. The van der Waals surface area contributed by atoms with Crippen molar-refractivity contribution in [3.63, 3.8) is 0 Å². The number of nitro benzene ring substituents is 1. The second-order valence-corrected chi connectivity index (χ2v) is 6.75. The fraction of sp³-hybridized carbons (Fsp3) is 0.300. The molecular formula is C20H22FN5O4. The van der Waals surface area contributed by atoms with Crippen LogP contribution in [0.5, 0.6) is 0 Å². The van der Waals surface area contributed by atoms with Crippen molar-refractivity contribution in [3.05, 3.63) is 70.0 Å². The molecule has 2 aromatic rings. The molecule has 0 unspecified atom stereocenters.